The van der Waals surface area contributed by atoms with E-state index in [1.54, 1.807) is 54.4 Å². The first-order chi connectivity index (χ1) is 19.6. The third kappa shape index (κ3) is 9.55. The first-order valence-corrected chi connectivity index (χ1v) is 14.9. The highest BCUT2D eigenvalue weighted by Crippen LogP contribution is 2.40. The summed E-state index contributed by atoms with van der Waals surface area (Å²) in [6, 6.07) is 3.45. The summed E-state index contributed by atoms with van der Waals surface area (Å²) in [5.74, 6) is -0.581. The van der Waals surface area contributed by atoms with Gasteiger partial charge < -0.3 is 28.8 Å². The Hall–Kier alpha value is -3.40. The fourth-order valence-corrected chi connectivity index (χ4v) is 4.47. The number of aromatic hydroxyl groups is 1. The highest BCUT2D eigenvalue weighted by molar-refractivity contribution is 5.96. The number of benzene rings is 1. The second-order valence-corrected chi connectivity index (χ2v) is 14.3. The maximum absolute atomic E-state index is 13.7. The number of phenolic OH excluding ortho intramolecular Hbond substituents is 1. The van der Waals surface area contributed by atoms with Crippen molar-refractivity contribution in [2.75, 3.05) is 6.79 Å². The Morgan fingerprint density at radius 2 is 1.35 bits per heavy atom. The second-order valence-electron chi connectivity index (χ2n) is 14.3. The first-order valence-electron chi connectivity index (χ1n) is 14.9. The Balaban J connectivity index is 2.50. The number of phenols is 1. The summed E-state index contributed by atoms with van der Waals surface area (Å²) in [7, 11) is 0. The molecular formula is C33H51N3O7. The summed E-state index contributed by atoms with van der Waals surface area (Å²) in [6.07, 6.45) is 3.89. The van der Waals surface area contributed by atoms with E-state index < -0.39 is 40.7 Å². The van der Waals surface area contributed by atoms with Crippen LogP contribution in [-0.2, 0) is 38.2 Å². The molecule has 2 aromatic rings. The quantitative estimate of drug-likeness (QED) is 0.194. The van der Waals surface area contributed by atoms with Gasteiger partial charge in [-0.2, -0.15) is 0 Å². The van der Waals surface area contributed by atoms with E-state index in [4.69, 9.17) is 9.47 Å². The van der Waals surface area contributed by atoms with E-state index in [-0.39, 0.29) is 23.7 Å². The van der Waals surface area contributed by atoms with E-state index in [0.29, 0.717) is 42.5 Å². The molecule has 0 aliphatic rings. The molecule has 10 nitrogen and oxygen atoms in total. The molecule has 0 spiro atoms. The van der Waals surface area contributed by atoms with Crippen molar-refractivity contribution in [1.82, 2.24) is 9.13 Å². The molecule has 0 bridgehead atoms. The number of ether oxygens (including phenoxy) is 2. The highest BCUT2D eigenvalue weighted by Gasteiger charge is 2.28. The maximum atomic E-state index is 13.7. The molecule has 2 rings (SSSR count). The van der Waals surface area contributed by atoms with Crippen LogP contribution in [0.5, 0.6) is 5.75 Å². The fraction of sp³-hybridized carbons (Fsp3) is 0.636. The standard InChI is InChI=1S/C33H51N3O7/c1-12-33(41,13-2)14-15-35-16-17-36(28(35)34-29(40)43-21-42-27(39)32(9,10)11)20-25(37)22-18-23(30(3,4)5)26(38)24(19-22)31(6,7)8/h16-19,38,41H,12-15,20-21H2,1-11H3/b34-28+. The van der Waals surface area contributed by atoms with Crippen molar-refractivity contribution in [3.63, 3.8) is 0 Å². The number of carbonyl (C=O) groups excluding carboxylic acids is 3. The molecule has 0 aliphatic heterocycles. The maximum Gasteiger partial charge on any atom is 0.439 e. The summed E-state index contributed by atoms with van der Waals surface area (Å²) in [6.45, 7) is 20.4. The van der Waals surface area contributed by atoms with Gasteiger partial charge in [0.1, 0.15) is 5.75 Å². The lowest BCUT2D eigenvalue weighted by atomic mass is 9.78. The third-order valence-corrected chi connectivity index (χ3v) is 7.61. The van der Waals surface area contributed by atoms with Crippen LogP contribution in [0.15, 0.2) is 29.5 Å². The third-order valence-electron chi connectivity index (χ3n) is 7.61. The summed E-state index contributed by atoms with van der Waals surface area (Å²) >= 11 is 0. The van der Waals surface area contributed by atoms with Crippen molar-refractivity contribution in [2.24, 2.45) is 10.4 Å². The monoisotopic (exact) mass is 601 g/mol. The van der Waals surface area contributed by atoms with E-state index >= 15 is 0 Å². The number of carbonyl (C=O) groups is 3. The molecule has 0 saturated carbocycles. The number of amides is 1. The van der Waals surface area contributed by atoms with Crippen molar-refractivity contribution in [3.8, 4) is 5.75 Å². The van der Waals surface area contributed by atoms with Crippen LogP contribution in [-0.4, -0.2) is 49.6 Å². The largest absolute Gasteiger partial charge is 0.507 e. The van der Waals surface area contributed by atoms with Gasteiger partial charge in [0.05, 0.1) is 17.6 Å². The number of nitrogens with zero attached hydrogens (tertiary/aromatic N) is 3. The normalized spacial score (nSPS) is 13.3. The molecule has 2 N–H and O–H groups in total. The summed E-state index contributed by atoms with van der Waals surface area (Å²) in [4.78, 5) is 42.5. The van der Waals surface area contributed by atoms with Gasteiger partial charge in [0.25, 0.3) is 0 Å². The highest BCUT2D eigenvalue weighted by atomic mass is 16.7. The molecule has 240 valence electrons. The number of imidazole rings is 1. The van der Waals surface area contributed by atoms with Gasteiger partial charge in [-0.3, -0.25) is 9.59 Å². The molecular weight excluding hydrogens is 550 g/mol. The van der Waals surface area contributed by atoms with Gasteiger partial charge in [0, 0.05) is 35.6 Å². The average Bonchev–Trinajstić information content (AvgIpc) is 3.25. The van der Waals surface area contributed by atoms with Crippen LogP contribution in [0.2, 0.25) is 0 Å². The molecule has 1 aromatic heterocycles. The molecule has 43 heavy (non-hydrogen) atoms. The van der Waals surface area contributed by atoms with E-state index in [0.717, 1.165) is 0 Å². The van der Waals surface area contributed by atoms with E-state index in [1.165, 1.54) is 0 Å². The Morgan fingerprint density at radius 1 is 0.837 bits per heavy atom. The summed E-state index contributed by atoms with van der Waals surface area (Å²) in [5.41, 5.74) is -0.541. The zero-order valence-electron chi connectivity index (χ0n) is 27.8. The van der Waals surface area contributed by atoms with Crippen molar-refractivity contribution < 1.29 is 34.1 Å². The van der Waals surface area contributed by atoms with Gasteiger partial charge in [-0.05, 0) is 63.0 Å². The number of hydrogen-bond acceptors (Lipinski definition) is 7. The first kappa shape index (κ1) is 35.8. The van der Waals surface area contributed by atoms with Crippen LogP contribution >= 0.6 is 0 Å². The van der Waals surface area contributed by atoms with Crippen molar-refractivity contribution in [3.05, 3.63) is 46.8 Å². The molecule has 0 radical (unpaired) electrons. The minimum absolute atomic E-state index is 0.137. The van der Waals surface area contributed by atoms with Gasteiger partial charge in [-0.15, -0.1) is 4.99 Å². The lowest BCUT2D eigenvalue weighted by Gasteiger charge is -2.28. The SMILES string of the molecule is CCC(O)(CC)CCn1ccn(CC(=O)c2cc(C(C)(C)C)c(O)c(C(C)(C)C)c2)/c1=N/C(=O)OCOC(=O)C(C)(C)C. The molecule has 1 amide bonds. The number of aromatic nitrogens is 2. The zero-order valence-corrected chi connectivity index (χ0v) is 27.8. The molecule has 0 aliphatic carbocycles. The van der Waals surface area contributed by atoms with Gasteiger partial charge >= 0.3 is 12.1 Å². The van der Waals surface area contributed by atoms with Gasteiger partial charge in [-0.1, -0.05) is 55.4 Å². The van der Waals surface area contributed by atoms with Crippen LogP contribution < -0.4 is 5.62 Å². The van der Waals surface area contributed by atoms with Crippen molar-refractivity contribution >= 4 is 17.8 Å². The molecule has 0 fully saturated rings. The molecule has 1 aromatic carbocycles. The lowest BCUT2D eigenvalue weighted by Crippen LogP contribution is -2.34. The predicted molar refractivity (Wildman–Crippen MR) is 165 cm³/mol. The smallest absolute Gasteiger partial charge is 0.439 e. The second kappa shape index (κ2) is 13.5. The summed E-state index contributed by atoms with van der Waals surface area (Å²) < 4.78 is 13.3. The van der Waals surface area contributed by atoms with Crippen LogP contribution in [0.25, 0.3) is 0 Å². The van der Waals surface area contributed by atoms with Crippen LogP contribution in [0, 0.1) is 5.41 Å². The minimum atomic E-state index is -0.987. The molecule has 0 unspecified atom stereocenters. The number of esters is 1. The van der Waals surface area contributed by atoms with Crippen LogP contribution in [0.1, 0.15) is 117 Å². The van der Waals surface area contributed by atoms with Crippen LogP contribution in [0.3, 0.4) is 0 Å². The minimum Gasteiger partial charge on any atom is -0.507 e. The fourth-order valence-electron chi connectivity index (χ4n) is 4.47. The Morgan fingerprint density at radius 3 is 1.81 bits per heavy atom. The van der Waals surface area contributed by atoms with Crippen LogP contribution in [0.4, 0.5) is 4.79 Å². The van der Waals surface area contributed by atoms with E-state index in [9.17, 15) is 24.6 Å². The number of aryl methyl sites for hydroxylation is 1. The molecule has 1 heterocycles. The summed E-state index contributed by atoms with van der Waals surface area (Å²) in [5, 5.41) is 21.9. The Kier molecular flexibility index (Phi) is 11.2. The molecule has 10 heteroatoms. The average molecular weight is 602 g/mol. The topological polar surface area (TPSA) is 132 Å². The van der Waals surface area contributed by atoms with Gasteiger partial charge in [0.15, 0.2) is 5.78 Å². The predicted octanol–water partition coefficient (Wildman–Crippen LogP) is 6.00. The Bertz CT molecular complexity index is 1340. The van der Waals surface area contributed by atoms with Crippen molar-refractivity contribution in [2.45, 2.75) is 125 Å². The number of ketones is 1. The number of rotatable bonds is 10. The lowest BCUT2D eigenvalue weighted by molar-refractivity contribution is -0.161. The van der Waals surface area contributed by atoms with Crippen molar-refractivity contribution in [1.29, 1.82) is 0 Å². The zero-order chi connectivity index (χ0) is 33.0. The molecule has 0 atom stereocenters. The van der Waals surface area contributed by atoms with E-state index in [1.807, 2.05) is 55.4 Å². The Labute approximate surface area is 255 Å². The van der Waals surface area contributed by atoms with Gasteiger partial charge in [-0.25, -0.2) is 4.79 Å². The molecule has 0 saturated heterocycles. The number of Topliss-reactive ketones (excluding diaryl/α,β-unsaturated/α-hetero) is 1. The van der Waals surface area contributed by atoms with Gasteiger partial charge in [0.2, 0.25) is 12.4 Å². The number of hydrogen-bond donors (Lipinski definition) is 2. The number of aliphatic hydroxyl groups is 1. The van der Waals surface area contributed by atoms with E-state index in [2.05, 4.69) is 4.99 Å².